The summed E-state index contributed by atoms with van der Waals surface area (Å²) in [4.78, 5) is 16.9. The van der Waals surface area contributed by atoms with Crippen molar-refractivity contribution in [3.63, 3.8) is 0 Å². The summed E-state index contributed by atoms with van der Waals surface area (Å²) in [6.07, 6.45) is 0. The van der Waals surface area contributed by atoms with Gasteiger partial charge in [-0.3, -0.25) is 10.1 Å². The van der Waals surface area contributed by atoms with E-state index in [1.807, 2.05) is 26.0 Å². The van der Waals surface area contributed by atoms with Gasteiger partial charge in [-0.25, -0.2) is 10.8 Å². The summed E-state index contributed by atoms with van der Waals surface area (Å²) in [5.74, 6) is 5.85. The van der Waals surface area contributed by atoms with Crippen LogP contribution in [0.2, 0.25) is 0 Å². The van der Waals surface area contributed by atoms with Gasteiger partial charge in [0.1, 0.15) is 5.82 Å². The highest BCUT2D eigenvalue weighted by Gasteiger charge is 2.18. The number of nitrogens with two attached hydrogens (primary N) is 1. The summed E-state index contributed by atoms with van der Waals surface area (Å²) in [6, 6.07) is 6.76. The number of nitrogens with zero attached hydrogens (tertiary/aromatic N) is 2. The molecule has 8 heteroatoms. The molecule has 2 aromatic heterocycles. The average Bonchev–Trinajstić information content (AvgIpc) is 2.85. The molecule has 20 heavy (non-hydrogen) atoms. The normalized spacial score (nSPS) is 11.9. The lowest BCUT2D eigenvalue weighted by Gasteiger charge is -2.13. The average molecular weight is 293 g/mol. The molecule has 0 spiro atoms. The van der Waals surface area contributed by atoms with Gasteiger partial charge in [0.05, 0.1) is 11.0 Å². The van der Waals surface area contributed by atoms with Crippen LogP contribution in [-0.2, 0) is 0 Å². The van der Waals surface area contributed by atoms with Crippen LogP contribution in [-0.4, -0.2) is 9.91 Å². The van der Waals surface area contributed by atoms with Gasteiger partial charge in [-0.1, -0.05) is 0 Å². The van der Waals surface area contributed by atoms with Crippen molar-refractivity contribution >= 4 is 28.7 Å². The van der Waals surface area contributed by atoms with E-state index in [9.17, 15) is 10.1 Å². The summed E-state index contributed by atoms with van der Waals surface area (Å²) in [5, 5.41) is 14.1. The summed E-state index contributed by atoms with van der Waals surface area (Å²) in [7, 11) is 0. The third-order valence-corrected chi connectivity index (χ3v) is 3.94. The van der Waals surface area contributed by atoms with Gasteiger partial charge in [0.2, 0.25) is 5.82 Å². The zero-order valence-electron chi connectivity index (χ0n) is 11.1. The van der Waals surface area contributed by atoms with Crippen LogP contribution in [0.5, 0.6) is 0 Å². The molecule has 0 aliphatic rings. The third-order valence-electron chi connectivity index (χ3n) is 2.76. The Balaban J connectivity index is 2.29. The SMILES string of the molecule is Cc1ccc(C(C)Nc2nc(NN)ccc2[N+](=O)[O-])s1. The van der Waals surface area contributed by atoms with E-state index in [1.54, 1.807) is 11.3 Å². The molecule has 2 aromatic rings. The highest BCUT2D eigenvalue weighted by Crippen LogP contribution is 2.30. The molecule has 0 aromatic carbocycles. The molecule has 0 aliphatic heterocycles. The van der Waals surface area contributed by atoms with Gasteiger partial charge in [0.15, 0.2) is 0 Å². The van der Waals surface area contributed by atoms with E-state index in [1.165, 1.54) is 17.0 Å². The predicted octanol–water partition coefficient (Wildman–Crippen LogP) is 2.82. The maximum atomic E-state index is 11.0. The molecule has 106 valence electrons. The minimum absolute atomic E-state index is 0.0760. The fourth-order valence-corrected chi connectivity index (χ4v) is 2.63. The molecule has 0 saturated heterocycles. The van der Waals surface area contributed by atoms with Crippen molar-refractivity contribution in [1.29, 1.82) is 0 Å². The summed E-state index contributed by atoms with van der Waals surface area (Å²) < 4.78 is 0. The number of aromatic nitrogens is 1. The molecule has 0 aliphatic carbocycles. The second-order valence-corrected chi connectivity index (χ2v) is 5.60. The monoisotopic (exact) mass is 293 g/mol. The number of anilines is 2. The summed E-state index contributed by atoms with van der Waals surface area (Å²) in [6.45, 7) is 3.94. The van der Waals surface area contributed by atoms with Gasteiger partial charge in [-0.2, -0.15) is 0 Å². The zero-order valence-corrected chi connectivity index (χ0v) is 11.9. The number of aryl methyl sites for hydroxylation is 1. The maximum absolute atomic E-state index is 11.0. The lowest BCUT2D eigenvalue weighted by atomic mass is 10.2. The number of thiophene rings is 1. The third kappa shape index (κ3) is 3.03. The topological polar surface area (TPSA) is 106 Å². The Hall–Kier alpha value is -2.19. The number of hydrogen-bond donors (Lipinski definition) is 3. The van der Waals surface area contributed by atoms with Crippen LogP contribution in [0.4, 0.5) is 17.3 Å². The highest BCUT2D eigenvalue weighted by atomic mass is 32.1. The molecule has 0 amide bonds. The van der Waals surface area contributed by atoms with E-state index >= 15 is 0 Å². The number of nitrogen functional groups attached to an aromatic ring is 1. The number of pyridine rings is 1. The van der Waals surface area contributed by atoms with Gasteiger partial charge in [0, 0.05) is 15.8 Å². The van der Waals surface area contributed by atoms with Crippen LogP contribution in [0.3, 0.4) is 0 Å². The molecule has 2 heterocycles. The van der Waals surface area contributed by atoms with Gasteiger partial charge >= 0.3 is 5.69 Å². The Morgan fingerprint density at radius 2 is 2.15 bits per heavy atom. The lowest BCUT2D eigenvalue weighted by Crippen LogP contribution is -2.12. The van der Waals surface area contributed by atoms with E-state index in [0.717, 1.165) is 4.88 Å². The second kappa shape index (κ2) is 5.85. The fourth-order valence-electron chi connectivity index (χ4n) is 1.75. The number of nitro groups is 1. The van der Waals surface area contributed by atoms with Crippen LogP contribution in [0, 0.1) is 17.0 Å². The van der Waals surface area contributed by atoms with Crippen molar-refractivity contribution in [1.82, 2.24) is 4.98 Å². The first-order chi connectivity index (χ1) is 9.51. The quantitative estimate of drug-likeness (QED) is 0.444. The highest BCUT2D eigenvalue weighted by molar-refractivity contribution is 7.12. The van der Waals surface area contributed by atoms with Crippen LogP contribution >= 0.6 is 11.3 Å². The Labute approximate surface area is 120 Å². The first-order valence-corrected chi connectivity index (χ1v) is 6.78. The predicted molar refractivity (Wildman–Crippen MR) is 79.8 cm³/mol. The molecule has 7 nitrogen and oxygen atoms in total. The number of rotatable bonds is 5. The number of nitrogens with one attached hydrogen (secondary N) is 2. The van der Waals surface area contributed by atoms with Crippen LogP contribution in [0.15, 0.2) is 24.3 Å². The van der Waals surface area contributed by atoms with Crippen molar-refractivity contribution in [2.24, 2.45) is 5.84 Å². The standard InChI is InChI=1S/C12H15N5O2S/c1-7-3-5-10(20-7)8(2)14-12-9(17(18)19)4-6-11(15-12)16-13/h3-6,8H,13H2,1-2H3,(H2,14,15,16). The molecule has 0 bridgehead atoms. The molecular weight excluding hydrogens is 278 g/mol. The zero-order chi connectivity index (χ0) is 14.7. The smallest absolute Gasteiger partial charge is 0.311 e. The minimum Gasteiger partial charge on any atom is -0.357 e. The fraction of sp³-hybridized carbons (Fsp3) is 0.250. The molecule has 4 N–H and O–H groups in total. The summed E-state index contributed by atoms with van der Waals surface area (Å²) >= 11 is 1.64. The number of hydrazine groups is 1. The van der Waals surface area contributed by atoms with E-state index in [2.05, 4.69) is 15.7 Å². The molecule has 1 atom stereocenters. The van der Waals surface area contributed by atoms with E-state index in [-0.39, 0.29) is 17.5 Å². The number of hydrogen-bond acceptors (Lipinski definition) is 7. The van der Waals surface area contributed by atoms with Gasteiger partial charge in [-0.05, 0) is 32.0 Å². The largest absolute Gasteiger partial charge is 0.357 e. The molecule has 2 rings (SSSR count). The molecule has 0 radical (unpaired) electrons. The molecule has 0 fully saturated rings. The van der Waals surface area contributed by atoms with Crippen molar-refractivity contribution in [2.75, 3.05) is 10.7 Å². The van der Waals surface area contributed by atoms with E-state index < -0.39 is 4.92 Å². The van der Waals surface area contributed by atoms with Crippen molar-refractivity contribution in [2.45, 2.75) is 19.9 Å². The van der Waals surface area contributed by atoms with Gasteiger partial charge in [-0.15, -0.1) is 11.3 Å². The summed E-state index contributed by atoms with van der Waals surface area (Å²) in [5.41, 5.74) is 2.30. The van der Waals surface area contributed by atoms with E-state index in [4.69, 9.17) is 5.84 Å². The maximum Gasteiger partial charge on any atom is 0.311 e. The Morgan fingerprint density at radius 1 is 1.40 bits per heavy atom. The van der Waals surface area contributed by atoms with Crippen molar-refractivity contribution < 1.29 is 4.92 Å². The Kier molecular flexibility index (Phi) is 4.16. The van der Waals surface area contributed by atoms with Gasteiger partial charge in [0.25, 0.3) is 0 Å². The first kappa shape index (κ1) is 14.2. The van der Waals surface area contributed by atoms with Crippen molar-refractivity contribution in [3.8, 4) is 0 Å². The van der Waals surface area contributed by atoms with Crippen LogP contribution in [0.1, 0.15) is 22.7 Å². The first-order valence-electron chi connectivity index (χ1n) is 5.96. The van der Waals surface area contributed by atoms with Crippen molar-refractivity contribution in [3.05, 3.63) is 44.1 Å². The molecular formula is C12H15N5O2S. The molecule has 0 saturated carbocycles. The van der Waals surface area contributed by atoms with Crippen LogP contribution < -0.4 is 16.6 Å². The molecule has 1 unspecified atom stereocenters. The lowest BCUT2D eigenvalue weighted by molar-refractivity contribution is -0.384. The Bertz CT molecular complexity index is 628. The van der Waals surface area contributed by atoms with Gasteiger partial charge < -0.3 is 10.7 Å². The second-order valence-electron chi connectivity index (χ2n) is 4.28. The van der Waals surface area contributed by atoms with Crippen LogP contribution in [0.25, 0.3) is 0 Å². The minimum atomic E-state index is -0.470. The van der Waals surface area contributed by atoms with E-state index in [0.29, 0.717) is 5.82 Å². The Morgan fingerprint density at radius 3 is 2.70 bits per heavy atom.